The van der Waals surface area contributed by atoms with E-state index in [-0.39, 0.29) is 10.8 Å². The van der Waals surface area contributed by atoms with E-state index in [4.69, 9.17) is 0 Å². The molecule has 0 atom stereocenters. The fourth-order valence-electron chi connectivity index (χ4n) is 11.0. The first-order chi connectivity index (χ1) is 27.3. The van der Waals surface area contributed by atoms with Crippen molar-refractivity contribution in [3.05, 3.63) is 192 Å². The van der Waals surface area contributed by atoms with Crippen LogP contribution in [0.3, 0.4) is 0 Å². The van der Waals surface area contributed by atoms with E-state index in [1.54, 1.807) is 0 Å². The summed E-state index contributed by atoms with van der Waals surface area (Å²) in [6.07, 6.45) is 0. The predicted octanol–water partition coefficient (Wildman–Crippen LogP) is 15.4. The van der Waals surface area contributed by atoms with E-state index in [1.165, 1.54) is 121 Å². The van der Waals surface area contributed by atoms with Gasteiger partial charge in [-0.1, -0.05) is 173 Å². The van der Waals surface area contributed by atoms with Gasteiger partial charge in [0.25, 0.3) is 0 Å². The van der Waals surface area contributed by atoms with Crippen LogP contribution in [0, 0.1) is 0 Å². The summed E-state index contributed by atoms with van der Waals surface area (Å²) in [4.78, 5) is 0. The highest BCUT2D eigenvalue weighted by Gasteiger charge is 2.46. The number of benzene rings is 10. The second-order valence-electron chi connectivity index (χ2n) is 17.2. The summed E-state index contributed by atoms with van der Waals surface area (Å²) in [5, 5.41) is 13.0. The molecule has 0 N–H and O–H groups in total. The average molecular weight is 713 g/mol. The molecular formula is C56H40. The zero-order valence-corrected chi connectivity index (χ0v) is 32.2. The second kappa shape index (κ2) is 11.1. The van der Waals surface area contributed by atoms with Crippen molar-refractivity contribution in [2.45, 2.75) is 38.5 Å². The van der Waals surface area contributed by atoms with Crippen molar-refractivity contribution in [2.75, 3.05) is 0 Å². The zero-order valence-electron chi connectivity index (χ0n) is 32.2. The standard InChI is InChI=1S/C56H40/c1-55(2)48-31-37(50-38-19-9-5-15-33(38)29-34-16-6-10-20-39(34)50)25-26-43(48)45-27-28-46-52-44-24-14-13-23-42(44)47(32-49(52)56(3,4)54(46)53(45)55)51-40-21-11-7-17-35(40)30-36-18-8-12-22-41(36)51/h5-32H,1-4H3. The third-order valence-electron chi connectivity index (χ3n) is 13.5. The molecule has 10 aromatic rings. The van der Waals surface area contributed by atoms with Crippen LogP contribution in [0.15, 0.2) is 170 Å². The molecule has 2 aliphatic carbocycles. The number of hydrogen-bond acceptors (Lipinski definition) is 0. The van der Waals surface area contributed by atoms with E-state index >= 15 is 0 Å². The van der Waals surface area contributed by atoms with Crippen LogP contribution < -0.4 is 0 Å². The molecule has 0 amide bonds. The summed E-state index contributed by atoms with van der Waals surface area (Å²) >= 11 is 0. The lowest BCUT2D eigenvalue weighted by molar-refractivity contribution is 0.601. The van der Waals surface area contributed by atoms with Crippen molar-refractivity contribution in [3.8, 4) is 44.5 Å². The number of hydrogen-bond donors (Lipinski definition) is 0. The molecular weight excluding hydrogens is 673 g/mol. The molecule has 0 heterocycles. The highest BCUT2D eigenvalue weighted by Crippen LogP contribution is 2.61. The highest BCUT2D eigenvalue weighted by atomic mass is 14.5. The minimum atomic E-state index is -0.219. The lowest BCUT2D eigenvalue weighted by Crippen LogP contribution is -2.24. The fraction of sp³-hybridized carbons (Fsp3) is 0.107. The Bertz CT molecular complexity index is 3240. The van der Waals surface area contributed by atoms with Crippen molar-refractivity contribution < 1.29 is 0 Å². The predicted molar refractivity (Wildman–Crippen MR) is 240 cm³/mol. The maximum absolute atomic E-state index is 2.57. The van der Waals surface area contributed by atoms with Gasteiger partial charge in [0.2, 0.25) is 0 Å². The van der Waals surface area contributed by atoms with E-state index in [1.807, 2.05) is 0 Å². The maximum Gasteiger partial charge on any atom is 0.0162 e. The SMILES string of the molecule is CC1(C)c2cc(-c3c4ccccc4cc4ccccc34)ccc2-c2ccc3c(c21)C(C)(C)c1cc(-c2c4ccccc4cc4ccccc24)c2ccccc2c1-3. The second-order valence-corrected chi connectivity index (χ2v) is 17.2. The summed E-state index contributed by atoms with van der Waals surface area (Å²) in [6, 6.07) is 64.1. The Morgan fingerprint density at radius 1 is 0.286 bits per heavy atom. The Kier molecular flexibility index (Phi) is 6.28. The summed E-state index contributed by atoms with van der Waals surface area (Å²) in [6.45, 7) is 9.89. The van der Waals surface area contributed by atoms with Crippen molar-refractivity contribution in [1.29, 1.82) is 0 Å². The van der Waals surface area contributed by atoms with E-state index in [9.17, 15) is 0 Å². The Morgan fingerprint density at radius 2 is 0.714 bits per heavy atom. The smallest absolute Gasteiger partial charge is 0.0162 e. The first-order valence-corrected chi connectivity index (χ1v) is 20.0. The van der Waals surface area contributed by atoms with Gasteiger partial charge in [0.05, 0.1) is 0 Å². The first kappa shape index (κ1) is 31.8. The topological polar surface area (TPSA) is 0 Å². The van der Waals surface area contributed by atoms with Gasteiger partial charge in [-0.05, 0) is 145 Å². The molecule has 0 radical (unpaired) electrons. The summed E-state index contributed by atoms with van der Waals surface area (Å²) < 4.78 is 0. The quantitative estimate of drug-likeness (QED) is 0.157. The fourth-order valence-corrected chi connectivity index (χ4v) is 11.0. The van der Waals surface area contributed by atoms with E-state index in [0.717, 1.165) is 0 Å². The van der Waals surface area contributed by atoms with Gasteiger partial charge in [0.1, 0.15) is 0 Å². The van der Waals surface area contributed by atoms with Crippen LogP contribution in [0.25, 0.3) is 98.4 Å². The van der Waals surface area contributed by atoms with Gasteiger partial charge < -0.3 is 0 Å². The largest absolute Gasteiger partial charge is 0.0616 e. The molecule has 0 spiro atoms. The van der Waals surface area contributed by atoms with Crippen molar-refractivity contribution in [1.82, 2.24) is 0 Å². The van der Waals surface area contributed by atoms with Crippen LogP contribution in [0.4, 0.5) is 0 Å². The molecule has 0 saturated heterocycles. The minimum Gasteiger partial charge on any atom is -0.0616 e. The van der Waals surface area contributed by atoms with E-state index in [2.05, 4.69) is 198 Å². The minimum absolute atomic E-state index is 0.198. The number of rotatable bonds is 2. The van der Waals surface area contributed by atoms with Crippen LogP contribution in [0.2, 0.25) is 0 Å². The van der Waals surface area contributed by atoms with Crippen LogP contribution in [-0.4, -0.2) is 0 Å². The Balaban J connectivity index is 1.10. The molecule has 0 unspecified atom stereocenters. The lowest BCUT2D eigenvalue weighted by atomic mass is 9.72. The van der Waals surface area contributed by atoms with Gasteiger partial charge in [-0.3, -0.25) is 0 Å². The zero-order chi connectivity index (χ0) is 37.5. The monoisotopic (exact) mass is 712 g/mol. The van der Waals surface area contributed by atoms with Crippen molar-refractivity contribution in [2.24, 2.45) is 0 Å². The van der Waals surface area contributed by atoms with Crippen LogP contribution in [0.1, 0.15) is 49.9 Å². The van der Waals surface area contributed by atoms with Gasteiger partial charge in [-0.15, -0.1) is 0 Å². The van der Waals surface area contributed by atoms with Gasteiger partial charge in [0, 0.05) is 10.8 Å². The third kappa shape index (κ3) is 4.09. The summed E-state index contributed by atoms with van der Waals surface area (Å²) in [7, 11) is 0. The van der Waals surface area contributed by atoms with E-state index < -0.39 is 0 Å². The molecule has 0 aromatic heterocycles. The molecule has 0 nitrogen and oxygen atoms in total. The summed E-state index contributed by atoms with van der Waals surface area (Å²) in [5.41, 5.74) is 16.2. The first-order valence-electron chi connectivity index (χ1n) is 20.0. The molecule has 0 aliphatic heterocycles. The van der Waals surface area contributed by atoms with Gasteiger partial charge in [-0.2, -0.15) is 0 Å². The molecule has 0 heteroatoms. The molecule has 0 bridgehead atoms. The Hall–Kier alpha value is -6.50. The maximum atomic E-state index is 2.57. The summed E-state index contributed by atoms with van der Waals surface area (Å²) in [5.74, 6) is 0. The van der Waals surface area contributed by atoms with Crippen LogP contribution in [-0.2, 0) is 10.8 Å². The lowest BCUT2D eigenvalue weighted by Gasteiger charge is -2.31. The Labute approximate surface area is 327 Å². The van der Waals surface area contributed by atoms with Gasteiger partial charge in [0.15, 0.2) is 0 Å². The van der Waals surface area contributed by atoms with Gasteiger partial charge in [-0.25, -0.2) is 0 Å². The van der Waals surface area contributed by atoms with E-state index in [0.29, 0.717) is 0 Å². The molecule has 10 aromatic carbocycles. The molecule has 0 fully saturated rings. The average Bonchev–Trinajstić information content (AvgIpc) is 3.60. The third-order valence-corrected chi connectivity index (χ3v) is 13.5. The van der Waals surface area contributed by atoms with Gasteiger partial charge >= 0.3 is 0 Å². The van der Waals surface area contributed by atoms with Crippen molar-refractivity contribution in [3.63, 3.8) is 0 Å². The Morgan fingerprint density at radius 3 is 1.29 bits per heavy atom. The van der Waals surface area contributed by atoms with Crippen LogP contribution in [0.5, 0.6) is 0 Å². The molecule has 0 saturated carbocycles. The number of fused-ring (bicyclic) bond motifs is 13. The van der Waals surface area contributed by atoms with Crippen molar-refractivity contribution >= 4 is 53.9 Å². The molecule has 264 valence electrons. The van der Waals surface area contributed by atoms with Crippen LogP contribution >= 0.6 is 0 Å². The molecule has 12 rings (SSSR count). The molecule has 56 heavy (non-hydrogen) atoms. The normalized spacial score (nSPS) is 14.7. The highest BCUT2D eigenvalue weighted by molar-refractivity contribution is 6.20. The molecule has 2 aliphatic rings.